The second kappa shape index (κ2) is 4.99. The number of carboxylic acids is 1. The maximum absolute atomic E-state index is 11.0. The maximum Gasteiger partial charge on any atom is 0.345 e. The molecule has 0 amide bonds. The number of aromatic carboxylic acids is 1. The molecule has 0 saturated carbocycles. The second-order valence-electron chi connectivity index (χ2n) is 4.04. The number of thiophene rings is 2. The minimum Gasteiger partial charge on any atom is -0.477 e. The Balaban J connectivity index is 1.97. The SMILES string of the molecule is O=C(O)c1cc2scc(C=Cc3ccccc3)c2s1. The number of carboxylic acid groups (broad SMARTS) is 1. The van der Waals surface area contributed by atoms with E-state index in [1.807, 2.05) is 42.5 Å². The Morgan fingerprint density at radius 3 is 2.68 bits per heavy atom. The molecule has 0 bridgehead atoms. The number of fused-ring (bicyclic) bond motifs is 1. The average Bonchev–Trinajstić information content (AvgIpc) is 2.98. The molecule has 0 aliphatic rings. The van der Waals surface area contributed by atoms with Crippen molar-refractivity contribution in [3.63, 3.8) is 0 Å². The summed E-state index contributed by atoms with van der Waals surface area (Å²) in [6.45, 7) is 0. The van der Waals surface area contributed by atoms with E-state index in [0.717, 1.165) is 20.5 Å². The van der Waals surface area contributed by atoms with Gasteiger partial charge in [-0.15, -0.1) is 22.7 Å². The van der Waals surface area contributed by atoms with Crippen molar-refractivity contribution in [3.05, 3.63) is 57.8 Å². The average molecular weight is 286 g/mol. The molecule has 3 rings (SSSR count). The molecule has 0 spiro atoms. The summed E-state index contributed by atoms with van der Waals surface area (Å²) in [4.78, 5) is 11.4. The molecule has 1 N–H and O–H groups in total. The molecular formula is C15H10O2S2. The fourth-order valence-corrected chi connectivity index (χ4v) is 3.98. The molecule has 0 atom stereocenters. The van der Waals surface area contributed by atoms with Crippen LogP contribution in [0.5, 0.6) is 0 Å². The predicted octanol–water partition coefficient (Wildman–Crippen LogP) is 4.83. The highest BCUT2D eigenvalue weighted by Gasteiger charge is 2.11. The van der Waals surface area contributed by atoms with Crippen LogP contribution in [0, 0.1) is 0 Å². The number of hydrogen-bond donors (Lipinski definition) is 1. The zero-order chi connectivity index (χ0) is 13.2. The van der Waals surface area contributed by atoms with Crippen LogP contribution < -0.4 is 0 Å². The third-order valence-electron chi connectivity index (χ3n) is 2.74. The molecule has 19 heavy (non-hydrogen) atoms. The van der Waals surface area contributed by atoms with Crippen molar-refractivity contribution in [2.45, 2.75) is 0 Å². The number of hydrogen-bond acceptors (Lipinski definition) is 3. The first-order chi connectivity index (χ1) is 9.24. The highest BCUT2D eigenvalue weighted by molar-refractivity contribution is 7.28. The van der Waals surface area contributed by atoms with Crippen molar-refractivity contribution < 1.29 is 9.90 Å². The summed E-state index contributed by atoms with van der Waals surface area (Å²) in [5.74, 6) is -0.855. The summed E-state index contributed by atoms with van der Waals surface area (Å²) < 4.78 is 2.09. The van der Waals surface area contributed by atoms with Gasteiger partial charge in [0.25, 0.3) is 0 Å². The maximum atomic E-state index is 11.0. The van der Waals surface area contributed by atoms with Crippen LogP contribution in [0.3, 0.4) is 0 Å². The Kier molecular flexibility index (Phi) is 3.19. The van der Waals surface area contributed by atoms with Gasteiger partial charge in [-0.2, -0.15) is 0 Å². The quantitative estimate of drug-likeness (QED) is 0.748. The summed E-state index contributed by atoms with van der Waals surface area (Å²) >= 11 is 2.92. The molecule has 2 aromatic heterocycles. The topological polar surface area (TPSA) is 37.3 Å². The molecule has 0 fully saturated rings. The van der Waals surface area contributed by atoms with Gasteiger partial charge in [-0.1, -0.05) is 42.5 Å². The molecule has 0 unspecified atom stereocenters. The third kappa shape index (κ3) is 2.45. The van der Waals surface area contributed by atoms with Crippen LogP contribution in [0.15, 0.2) is 41.8 Å². The zero-order valence-corrected chi connectivity index (χ0v) is 11.5. The Hall–Kier alpha value is -1.91. The van der Waals surface area contributed by atoms with E-state index in [4.69, 9.17) is 5.11 Å². The van der Waals surface area contributed by atoms with Gasteiger partial charge in [0.2, 0.25) is 0 Å². The summed E-state index contributed by atoms with van der Waals surface area (Å²) in [5, 5.41) is 11.1. The van der Waals surface area contributed by atoms with Gasteiger partial charge in [-0.3, -0.25) is 0 Å². The zero-order valence-electron chi connectivity index (χ0n) is 9.87. The van der Waals surface area contributed by atoms with E-state index in [-0.39, 0.29) is 0 Å². The highest BCUT2D eigenvalue weighted by Crippen LogP contribution is 2.35. The van der Waals surface area contributed by atoms with Gasteiger partial charge in [0.1, 0.15) is 4.88 Å². The smallest absolute Gasteiger partial charge is 0.345 e. The summed E-state index contributed by atoms with van der Waals surface area (Å²) in [7, 11) is 0. The number of benzene rings is 1. The van der Waals surface area contributed by atoms with Crippen molar-refractivity contribution in [2.24, 2.45) is 0 Å². The Morgan fingerprint density at radius 1 is 1.16 bits per heavy atom. The van der Waals surface area contributed by atoms with Crippen molar-refractivity contribution in [1.82, 2.24) is 0 Å². The monoisotopic (exact) mass is 286 g/mol. The molecule has 1 aromatic carbocycles. The van der Waals surface area contributed by atoms with Gasteiger partial charge >= 0.3 is 5.97 Å². The van der Waals surface area contributed by atoms with Gasteiger partial charge < -0.3 is 5.11 Å². The van der Waals surface area contributed by atoms with Crippen LogP contribution in [-0.4, -0.2) is 11.1 Å². The minimum absolute atomic E-state index is 0.399. The van der Waals surface area contributed by atoms with Crippen LogP contribution in [0.4, 0.5) is 0 Å². The normalized spacial score (nSPS) is 11.4. The molecule has 0 radical (unpaired) electrons. The van der Waals surface area contributed by atoms with Crippen molar-refractivity contribution >= 4 is 50.2 Å². The predicted molar refractivity (Wildman–Crippen MR) is 82.0 cm³/mol. The van der Waals surface area contributed by atoms with Gasteiger partial charge in [-0.25, -0.2) is 4.79 Å². The fourth-order valence-electron chi connectivity index (χ4n) is 1.81. The van der Waals surface area contributed by atoms with Crippen LogP contribution in [-0.2, 0) is 0 Å². The summed E-state index contributed by atoms with van der Waals surface area (Å²) in [5.41, 5.74) is 2.22. The Labute approximate surface area is 118 Å². The van der Waals surface area contributed by atoms with Crippen LogP contribution in [0.1, 0.15) is 20.8 Å². The highest BCUT2D eigenvalue weighted by atomic mass is 32.1. The van der Waals surface area contributed by atoms with Crippen molar-refractivity contribution in [2.75, 3.05) is 0 Å². The lowest BCUT2D eigenvalue weighted by molar-refractivity contribution is 0.0702. The largest absolute Gasteiger partial charge is 0.477 e. The first-order valence-corrected chi connectivity index (χ1v) is 7.41. The van der Waals surface area contributed by atoms with E-state index >= 15 is 0 Å². The van der Waals surface area contributed by atoms with Gasteiger partial charge in [0.05, 0.1) is 4.70 Å². The third-order valence-corrected chi connectivity index (χ3v) is 4.99. The molecular weight excluding hydrogens is 276 g/mol. The summed E-state index contributed by atoms with van der Waals surface area (Å²) in [6.07, 6.45) is 4.08. The first kappa shape index (κ1) is 12.1. The van der Waals surface area contributed by atoms with E-state index in [2.05, 4.69) is 5.38 Å². The molecule has 94 valence electrons. The summed E-state index contributed by atoms with van der Waals surface area (Å²) in [6, 6.07) is 11.8. The van der Waals surface area contributed by atoms with Crippen LogP contribution in [0.25, 0.3) is 21.6 Å². The van der Waals surface area contributed by atoms with E-state index in [1.165, 1.54) is 11.3 Å². The molecule has 3 aromatic rings. The van der Waals surface area contributed by atoms with Gasteiger partial charge in [-0.05, 0) is 11.6 Å². The fraction of sp³-hybridized carbons (Fsp3) is 0. The second-order valence-corrected chi connectivity index (χ2v) is 6.01. The number of carbonyl (C=O) groups is 1. The lowest BCUT2D eigenvalue weighted by Crippen LogP contribution is -1.89. The molecule has 2 heterocycles. The minimum atomic E-state index is -0.855. The number of rotatable bonds is 3. The molecule has 4 heteroatoms. The van der Waals surface area contributed by atoms with E-state index < -0.39 is 5.97 Å². The molecule has 0 aliphatic carbocycles. The lowest BCUT2D eigenvalue weighted by Gasteiger charge is -1.91. The van der Waals surface area contributed by atoms with Gasteiger partial charge in [0, 0.05) is 15.6 Å². The van der Waals surface area contributed by atoms with Crippen molar-refractivity contribution in [3.8, 4) is 0 Å². The molecule has 2 nitrogen and oxygen atoms in total. The van der Waals surface area contributed by atoms with E-state index in [9.17, 15) is 4.79 Å². The van der Waals surface area contributed by atoms with Gasteiger partial charge in [0.15, 0.2) is 0 Å². The van der Waals surface area contributed by atoms with E-state index in [0.29, 0.717) is 4.88 Å². The lowest BCUT2D eigenvalue weighted by atomic mass is 10.2. The van der Waals surface area contributed by atoms with Crippen LogP contribution in [0.2, 0.25) is 0 Å². The first-order valence-electron chi connectivity index (χ1n) is 5.71. The van der Waals surface area contributed by atoms with Crippen LogP contribution >= 0.6 is 22.7 Å². The molecule has 0 aliphatic heterocycles. The van der Waals surface area contributed by atoms with Crippen molar-refractivity contribution in [1.29, 1.82) is 0 Å². The standard InChI is InChI=1S/C15H10O2S2/c16-15(17)13-8-12-14(19-13)11(9-18-12)7-6-10-4-2-1-3-5-10/h1-9H,(H,16,17). The Morgan fingerprint density at radius 2 is 1.95 bits per heavy atom. The molecule has 0 saturated heterocycles. The van der Waals surface area contributed by atoms with E-state index in [1.54, 1.807) is 17.4 Å². The Bertz CT molecular complexity index is 751.